The van der Waals surface area contributed by atoms with E-state index in [0.29, 0.717) is 34.7 Å². The number of benzene rings is 2. The molecule has 3 amide bonds. The van der Waals surface area contributed by atoms with E-state index >= 15 is 0 Å². The number of hydrogen-bond acceptors (Lipinski definition) is 7. The predicted molar refractivity (Wildman–Crippen MR) is 149 cm³/mol. The third-order valence-electron chi connectivity index (χ3n) is 5.39. The summed E-state index contributed by atoms with van der Waals surface area (Å²) in [4.78, 5) is 38.1. The lowest BCUT2D eigenvalue weighted by Gasteiger charge is -2.15. The normalized spacial score (nSPS) is 14.1. The van der Waals surface area contributed by atoms with Gasteiger partial charge in [-0.15, -0.1) is 0 Å². The molecule has 2 heterocycles. The topological polar surface area (TPSA) is 107 Å². The van der Waals surface area contributed by atoms with Crippen molar-refractivity contribution in [1.29, 1.82) is 0 Å². The number of rotatable bonds is 9. The van der Waals surface area contributed by atoms with Crippen LogP contribution in [0, 0.1) is 0 Å². The Morgan fingerprint density at radius 3 is 2.50 bits per heavy atom. The maximum Gasteiger partial charge on any atom is 0.373 e. The molecule has 198 valence electrons. The average Bonchev–Trinajstić information content (AvgIpc) is 3.46. The molecule has 0 radical (unpaired) electrons. The van der Waals surface area contributed by atoms with Gasteiger partial charge in [0.1, 0.15) is 18.1 Å². The van der Waals surface area contributed by atoms with Gasteiger partial charge >= 0.3 is 12.0 Å². The van der Waals surface area contributed by atoms with Gasteiger partial charge in [0.15, 0.2) is 11.5 Å². The van der Waals surface area contributed by atoms with E-state index in [4.69, 9.17) is 13.9 Å². The minimum Gasteiger partial charge on any atom is -0.490 e. The first-order valence-corrected chi connectivity index (χ1v) is 13.6. The lowest BCUT2D eigenvalue weighted by Crippen LogP contribution is -2.30. The Kier molecular flexibility index (Phi) is 8.95. The molecule has 0 aliphatic carbocycles. The van der Waals surface area contributed by atoms with Crippen LogP contribution in [-0.2, 0) is 22.7 Å². The summed E-state index contributed by atoms with van der Waals surface area (Å²) in [5.74, 6) is 0.0345. The Bertz CT molecular complexity index is 1430. The van der Waals surface area contributed by atoms with Gasteiger partial charge in [0.2, 0.25) is 5.76 Å². The summed E-state index contributed by atoms with van der Waals surface area (Å²) in [6.07, 6.45) is 1.55. The van der Waals surface area contributed by atoms with Crippen molar-refractivity contribution >= 4 is 71.8 Å². The Balaban J connectivity index is 1.53. The molecule has 0 spiro atoms. The highest BCUT2D eigenvalue weighted by molar-refractivity contribution is 9.11. The molecule has 0 bridgehead atoms. The molecule has 1 N–H and O–H groups in total. The monoisotopic (exact) mass is 710 g/mol. The quantitative estimate of drug-likeness (QED) is 0.155. The molecule has 1 aromatic heterocycles. The zero-order chi connectivity index (χ0) is 27.4. The second kappa shape index (κ2) is 12.2. The van der Waals surface area contributed by atoms with Crippen LogP contribution < -0.4 is 14.8 Å². The summed E-state index contributed by atoms with van der Waals surface area (Å²) in [6, 6.07) is 11.6. The highest BCUT2D eigenvalue weighted by atomic mass is 79.9. The number of methoxy groups -OCH3 is 1. The van der Waals surface area contributed by atoms with Crippen molar-refractivity contribution in [2.45, 2.75) is 20.1 Å². The van der Waals surface area contributed by atoms with E-state index in [1.54, 1.807) is 18.2 Å². The van der Waals surface area contributed by atoms with E-state index in [2.05, 4.69) is 57.8 Å². The molecule has 2 aromatic carbocycles. The molecular weight excluding hydrogens is 692 g/mol. The number of carbonyl (C=O) groups excluding carboxylic acids is 3. The molecule has 1 aliphatic heterocycles. The number of ether oxygens (including phenoxy) is 3. The third-order valence-corrected chi connectivity index (χ3v) is 7.30. The van der Waals surface area contributed by atoms with E-state index < -0.39 is 17.9 Å². The van der Waals surface area contributed by atoms with Gasteiger partial charge in [-0.25, -0.2) is 9.59 Å². The number of halogens is 3. The van der Waals surface area contributed by atoms with Gasteiger partial charge in [-0.2, -0.15) is 0 Å². The van der Waals surface area contributed by atoms with Crippen LogP contribution in [0.15, 0.2) is 66.0 Å². The lowest BCUT2D eigenvalue weighted by atomic mass is 10.1. The maximum absolute atomic E-state index is 13.0. The number of esters is 1. The predicted octanol–water partition coefficient (Wildman–Crippen LogP) is 6.42. The average molecular weight is 713 g/mol. The van der Waals surface area contributed by atoms with E-state index in [1.165, 1.54) is 19.2 Å². The van der Waals surface area contributed by atoms with Crippen LogP contribution in [0.2, 0.25) is 0 Å². The van der Waals surface area contributed by atoms with Crippen molar-refractivity contribution in [3.05, 3.63) is 84.2 Å². The Labute approximate surface area is 243 Å². The first-order valence-electron chi connectivity index (χ1n) is 11.2. The SMILES string of the molecule is CCOc1cc(/C=C2\NC(=O)N(Cc3ccc(C(=O)OC)o3)C2=O)c(Br)cc1OCc1ccc(Br)cc1Br. The summed E-state index contributed by atoms with van der Waals surface area (Å²) in [7, 11) is 1.23. The van der Waals surface area contributed by atoms with Crippen molar-refractivity contribution in [2.24, 2.45) is 0 Å². The third kappa shape index (κ3) is 6.30. The largest absolute Gasteiger partial charge is 0.490 e. The smallest absolute Gasteiger partial charge is 0.373 e. The van der Waals surface area contributed by atoms with Crippen molar-refractivity contribution < 1.29 is 33.0 Å². The molecule has 3 aromatic rings. The van der Waals surface area contributed by atoms with E-state index in [0.717, 1.165) is 19.4 Å². The molecule has 1 saturated heterocycles. The summed E-state index contributed by atoms with van der Waals surface area (Å²) in [6.45, 7) is 2.40. The van der Waals surface area contributed by atoms with Gasteiger partial charge in [-0.1, -0.05) is 53.9 Å². The molecule has 9 nitrogen and oxygen atoms in total. The highest BCUT2D eigenvalue weighted by Crippen LogP contribution is 2.36. The van der Waals surface area contributed by atoms with E-state index in [-0.39, 0.29) is 23.8 Å². The molecule has 38 heavy (non-hydrogen) atoms. The van der Waals surface area contributed by atoms with Crippen LogP contribution in [0.5, 0.6) is 11.5 Å². The number of nitrogens with zero attached hydrogens (tertiary/aromatic N) is 1. The van der Waals surface area contributed by atoms with Gasteiger partial charge in [-0.05, 0) is 55.0 Å². The van der Waals surface area contributed by atoms with Gasteiger partial charge in [-0.3, -0.25) is 9.69 Å². The highest BCUT2D eigenvalue weighted by Gasteiger charge is 2.34. The van der Waals surface area contributed by atoms with Gasteiger partial charge in [0.25, 0.3) is 5.91 Å². The number of imide groups is 1. The molecule has 12 heteroatoms. The van der Waals surface area contributed by atoms with Crippen molar-refractivity contribution in [2.75, 3.05) is 13.7 Å². The molecule has 0 unspecified atom stereocenters. The summed E-state index contributed by atoms with van der Waals surface area (Å²) in [5, 5.41) is 2.58. The standard InChI is InChI=1S/C26H21Br3N2O7/c1-3-36-22-9-15(19(29)11-23(22)37-13-14-4-5-16(27)10-18(14)28)8-20-24(32)31(26(34)30-20)12-17-6-7-21(38-17)25(33)35-2/h4-11H,3,12-13H2,1-2H3,(H,30,34)/b20-8-. The number of amides is 3. The summed E-state index contributed by atoms with van der Waals surface area (Å²) in [5.41, 5.74) is 1.63. The molecule has 1 fully saturated rings. The first kappa shape index (κ1) is 27.9. The Morgan fingerprint density at radius 2 is 1.79 bits per heavy atom. The van der Waals surface area contributed by atoms with Gasteiger partial charge < -0.3 is 23.9 Å². The molecule has 4 rings (SSSR count). The van der Waals surface area contributed by atoms with Crippen LogP contribution in [-0.4, -0.2) is 36.5 Å². The minimum absolute atomic E-state index is 0.0208. The molecule has 0 saturated carbocycles. The van der Waals surface area contributed by atoms with Crippen LogP contribution in [0.3, 0.4) is 0 Å². The molecular formula is C26H21Br3N2O7. The number of carbonyl (C=O) groups is 3. The van der Waals surface area contributed by atoms with Gasteiger partial charge in [0.05, 0.1) is 20.3 Å². The number of hydrogen-bond donors (Lipinski definition) is 1. The fourth-order valence-electron chi connectivity index (χ4n) is 3.54. The number of furan rings is 1. The number of nitrogens with one attached hydrogen (secondary N) is 1. The zero-order valence-corrected chi connectivity index (χ0v) is 24.9. The van der Waals surface area contributed by atoms with Crippen LogP contribution in [0.25, 0.3) is 6.08 Å². The lowest BCUT2D eigenvalue weighted by molar-refractivity contribution is -0.123. The summed E-state index contributed by atoms with van der Waals surface area (Å²) < 4.78 is 24.3. The van der Waals surface area contributed by atoms with Crippen LogP contribution in [0.1, 0.15) is 34.4 Å². The van der Waals surface area contributed by atoms with Crippen molar-refractivity contribution in [3.63, 3.8) is 0 Å². The first-order chi connectivity index (χ1) is 18.2. The van der Waals surface area contributed by atoms with Crippen molar-refractivity contribution in [1.82, 2.24) is 10.2 Å². The second-order valence-corrected chi connectivity index (χ2v) is 10.5. The van der Waals surface area contributed by atoms with Gasteiger partial charge in [0, 0.05) is 19.0 Å². The fraction of sp³-hybridized carbons (Fsp3) is 0.192. The Morgan fingerprint density at radius 1 is 1.03 bits per heavy atom. The van der Waals surface area contributed by atoms with Crippen LogP contribution in [0.4, 0.5) is 4.79 Å². The zero-order valence-electron chi connectivity index (χ0n) is 20.2. The number of urea groups is 1. The maximum atomic E-state index is 13.0. The molecule has 0 atom stereocenters. The fourth-order valence-corrected chi connectivity index (χ4v) is 5.13. The van der Waals surface area contributed by atoms with Crippen LogP contribution >= 0.6 is 47.8 Å². The molecule has 1 aliphatic rings. The minimum atomic E-state index is -0.652. The van der Waals surface area contributed by atoms with E-state index in [9.17, 15) is 14.4 Å². The Hall–Kier alpha value is -3.09. The van der Waals surface area contributed by atoms with E-state index in [1.807, 2.05) is 25.1 Å². The van der Waals surface area contributed by atoms with Crippen molar-refractivity contribution in [3.8, 4) is 11.5 Å². The summed E-state index contributed by atoms with van der Waals surface area (Å²) >= 11 is 10.5. The second-order valence-electron chi connectivity index (χ2n) is 7.91.